The van der Waals surface area contributed by atoms with Crippen molar-refractivity contribution in [1.29, 1.82) is 0 Å². The number of amides is 1. The molecule has 1 aliphatic carbocycles. The van der Waals surface area contributed by atoms with Gasteiger partial charge in [0.2, 0.25) is 5.91 Å². The second-order valence-electron chi connectivity index (χ2n) is 5.20. The normalized spacial score (nSPS) is 16.2. The average molecular weight is 283 g/mol. The van der Waals surface area contributed by atoms with Crippen LogP contribution in [0.5, 0.6) is 0 Å². The highest BCUT2D eigenvalue weighted by molar-refractivity contribution is 5.92. The molecule has 1 aromatic rings. The quantitative estimate of drug-likeness (QED) is 0.833. The molecule has 2 rings (SSSR count). The van der Waals surface area contributed by atoms with E-state index in [1.54, 1.807) is 7.05 Å². The van der Waals surface area contributed by atoms with Gasteiger partial charge in [0.05, 0.1) is 6.54 Å². The highest BCUT2D eigenvalue weighted by Gasteiger charge is 2.33. The lowest BCUT2D eigenvalue weighted by atomic mass is 10.1. The molecule has 0 spiro atoms. The van der Waals surface area contributed by atoms with Crippen molar-refractivity contribution >= 4 is 11.6 Å². The number of rotatable bonds is 6. The predicted octanol–water partition coefficient (Wildman–Crippen LogP) is 1.57. The minimum atomic E-state index is -0.779. The maximum atomic E-state index is 13.4. The number of likely N-dealkylation sites (N-methyl/N-ethyl adjacent to an activating group) is 1. The van der Waals surface area contributed by atoms with Crippen LogP contribution in [0.1, 0.15) is 12.8 Å². The van der Waals surface area contributed by atoms with Crippen LogP contribution < -0.4 is 11.1 Å². The van der Waals surface area contributed by atoms with E-state index in [0.29, 0.717) is 12.5 Å². The van der Waals surface area contributed by atoms with Crippen molar-refractivity contribution in [3.05, 3.63) is 29.8 Å². The highest BCUT2D eigenvalue weighted by atomic mass is 19.1. The number of para-hydroxylation sites is 1. The molecule has 6 heteroatoms. The van der Waals surface area contributed by atoms with Gasteiger partial charge >= 0.3 is 0 Å². The Balaban J connectivity index is 1.95. The van der Waals surface area contributed by atoms with E-state index in [1.165, 1.54) is 6.07 Å². The molecule has 20 heavy (non-hydrogen) atoms. The van der Waals surface area contributed by atoms with E-state index in [1.807, 2.05) is 4.90 Å². The zero-order valence-electron chi connectivity index (χ0n) is 11.4. The van der Waals surface area contributed by atoms with Gasteiger partial charge in [-0.2, -0.15) is 0 Å². The van der Waals surface area contributed by atoms with Crippen molar-refractivity contribution in [3.8, 4) is 0 Å². The first-order valence-corrected chi connectivity index (χ1v) is 6.67. The van der Waals surface area contributed by atoms with Crippen molar-refractivity contribution in [1.82, 2.24) is 4.90 Å². The van der Waals surface area contributed by atoms with E-state index in [2.05, 4.69) is 5.32 Å². The Morgan fingerprint density at radius 3 is 2.55 bits per heavy atom. The third-order valence-electron chi connectivity index (χ3n) is 3.59. The first-order valence-electron chi connectivity index (χ1n) is 6.67. The van der Waals surface area contributed by atoms with Gasteiger partial charge in [0.15, 0.2) is 0 Å². The summed E-state index contributed by atoms with van der Waals surface area (Å²) in [5, 5.41) is 2.28. The molecule has 0 aromatic heterocycles. The molecule has 4 nitrogen and oxygen atoms in total. The fourth-order valence-electron chi connectivity index (χ4n) is 2.35. The average Bonchev–Trinajstić information content (AvgIpc) is 3.19. The maximum absolute atomic E-state index is 13.4. The Kier molecular flexibility index (Phi) is 4.67. The van der Waals surface area contributed by atoms with E-state index in [4.69, 9.17) is 5.73 Å². The van der Waals surface area contributed by atoms with Gasteiger partial charge in [-0.3, -0.25) is 9.69 Å². The molecule has 0 aliphatic heterocycles. The van der Waals surface area contributed by atoms with E-state index in [-0.39, 0.29) is 12.6 Å². The molecular weight excluding hydrogens is 264 g/mol. The SMILES string of the molecule is CN(CC(=O)Nc1c(F)cccc1F)C(CN)C1CC1. The molecular formula is C14H19F2N3O. The van der Waals surface area contributed by atoms with E-state index < -0.39 is 23.2 Å². The van der Waals surface area contributed by atoms with Gasteiger partial charge in [0.1, 0.15) is 17.3 Å². The van der Waals surface area contributed by atoms with Crippen LogP contribution in [-0.2, 0) is 4.79 Å². The third kappa shape index (κ3) is 3.52. The summed E-state index contributed by atoms with van der Waals surface area (Å²) in [4.78, 5) is 13.7. The summed E-state index contributed by atoms with van der Waals surface area (Å²) >= 11 is 0. The van der Waals surface area contributed by atoms with E-state index >= 15 is 0 Å². The molecule has 1 unspecified atom stereocenters. The van der Waals surface area contributed by atoms with Gasteiger partial charge in [-0.15, -0.1) is 0 Å². The monoisotopic (exact) mass is 283 g/mol. The molecule has 1 saturated carbocycles. The number of benzene rings is 1. The van der Waals surface area contributed by atoms with Crippen molar-refractivity contribution in [2.45, 2.75) is 18.9 Å². The number of hydrogen-bond acceptors (Lipinski definition) is 3. The lowest BCUT2D eigenvalue weighted by Gasteiger charge is -2.26. The number of nitrogens with one attached hydrogen (secondary N) is 1. The molecule has 1 aromatic carbocycles. The second kappa shape index (κ2) is 6.28. The second-order valence-corrected chi connectivity index (χ2v) is 5.20. The largest absolute Gasteiger partial charge is 0.329 e. The van der Waals surface area contributed by atoms with Crippen LogP contribution in [0, 0.1) is 17.6 Å². The minimum absolute atomic E-state index is 0.0616. The number of carbonyl (C=O) groups is 1. The molecule has 3 N–H and O–H groups in total. The number of carbonyl (C=O) groups excluding carboxylic acids is 1. The number of hydrogen-bond donors (Lipinski definition) is 2. The summed E-state index contributed by atoms with van der Waals surface area (Å²) < 4.78 is 26.8. The van der Waals surface area contributed by atoms with Gasteiger partial charge in [-0.05, 0) is 37.9 Å². The molecule has 110 valence electrons. The number of anilines is 1. The summed E-state index contributed by atoms with van der Waals surface area (Å²) in [6, 6.07) is 3.61. The number of nitrogens with zero attached hydrogens (tertiary/aromatic N) is 1. The van der Waals surface area contributed by atoms with Crippen molar-refractivity contribution in [2.75, 3.05) is 25.5 Å². The Labute approximate surface area is 116 Å². The Morgan fingerprint density at radius 1 is 1.45 bits per heavy atom. The van der Waals surface area contributed by atoms with E-state index in [9.17, 15) is 13.6 Å². The van der Waals surface area contributed by atoms with Gasteiger partial charge in [-0.1, -0.05) is 6.07 Å². The number of halogens is 2. The predicted molar refractivity (Wildman–Crippen MR) is 73.2 cm³/mol. The molecule has 1 atom stereocenters. The van der Waals surface area contributed by atoms with Crippen LogP contribution in [0.4, 0.5) is 14.5 Å². The van der Waals surface area contributed by atoms with E-state index in [0.717, 1.165) is 25.0 Å². The van der Waals surface area contributed by atoms with Crippen molar-refractivity contribution < 1.29 is 13.6 Å². The van der Waals surface area contributed by atoms with Crippen LogP contribution >= 0.6 is 0 Å². The minimum Gasteiger partial charge on any atom is -0.329 e. The fraction of sp³-hybridized carbons (Fsp3) is 0.500. The van der Waals surface area contributed by atoms with Gasteiger partial charge in [0.25, 0.3) is 0 Å². The Bertz CT molecular complexity index is 471. The zero-order valence-corrected chi connectivity index (χ0v) is 11.4. The van der Waals surface area contributed by atoms with Crippen LogP contribution in [-0.4, -0.2) is 37.0 Å². The lowest BCUT2D eigenvalue weighted by molar-refractivity contribution is -0.117. The molecule has 0 heterocycles. The Hall–Kier alpha value is -1.53. The first kappa shape index (κ1) is 14.9. The molecule has 1 amide bonds. The van der Waals surface area contributed by atoms with Crippen molar-refractivity contribution in [3.63, 3.8) is 0 Å². The van der Waals surface area contributed by atoms with Gasteiger partial charge < -0.3 is 11.1 Å². The Morgan fingerprint density at radius 2 is 2.05 bits per heavy atom. The molecule has 1 aliphatic rings. The molecule has 0 saturated heterocycles. The summed E-state index contributed by atoms with van der Waals surface area (Å²) in [7, 11) is 1.80. The van der Waals surface area contributed by atoms with Crippen LogP contribution in [0.2, 0.25) is 0 Å². The van der Waals surface area contributed by atoms with Crippen molar-refractivity contribution in [2.24, 2.45) is 11.7 Å². The zero-order chi connectivity index (χ0) is 14.7. The fourth-order valence-corrected chi connectivity index (χ4v) is 2.35. The van der Waals surface area contributed by atoms with Crippen LogP contribution in [0.3, 0.4) is 0 Å². The number of nitrogens with two attached hydrogens (primary N) is 1. The molecule has 1 fully saturated rings. The summed E-state index contributed by atoms with van der Waals surface area (Å²) in [5.74, 6) is -1.48. The topological polar surface area (TPSA) is 58.4 Å². The van der Waals surface area contributed by atoms with Gasteiger partial charge in [-0.25, -0.2) is 8.78 Å². The molecule has 0 radical (unpaired) electrons. The van der Waals surface area contributed by atoms with Gasteiger partial charge in [0, 0.05) is 12.6 Å². The third-order valence-corrected chi connectivity index (χ3v) is 3.59. The standard InChI is InChI=1S/C14H19F2N3O/c1-19(12(7-17)9-5-6-9)8-13(20)18-14-10(15)3-2-4-11(14)16/h2-4,9,12H,5-8,17H2,1H3,(H,18,20). The summed E-state index contributed by atoms with van der Waals surface area (Å²) in [6.45, 7) is 0.536. The summed E-state index contributed by atoms with van der Waals surface area (Å²) in [5.41, 5.74) is 5.30. The molecule has 0 bridgehead atoms. The van der Waals surface area contributed by atoms with Crippen LogP contribution in [0.15, 0.2) is 18.2 Å². The lowest BCUT2D eigenvalue weighted by Crippen LogP contribution is -2.43. The van der Waals surface area contributed by atoms with Crippen LogP contribution in [0.25, 0.3) is 0 Å². The summed E-state index contributed by atoms with van der Waals surface area (Å²) in [6.07, 6.45) is 2.24. The smallest absolute Gasteiger partial charge is 0.238 e. The highest BCUT2D eigenvalue weighted by Crippen LogP contribution is 2.34. The maximum Gasteiger partial charge on any atom is 0.238 e. The first-order chi connectivity index (χ1) is 9.52.